The minimum atomic E-state index is -0.883. The van der Waals surface area contributed by atoms with Crippen LogP contribution in [-0.4, -0.2) is 55.2 Å². The fourth-order valence-corrected chi connectivity index (χ4v) is 2.34. The normalized spacial score (nSPS) is 10.9. The maximum atomic E-state index is 11.0. The van der Waals surface area contributed by atoms with Gasteiger partial charge < -0.3 is 14.9 Å². The average Bonchev–Trinajstić information content (AvgIpc) is 2.69. The Labute approximate surface area is 106 Å². The number of hydrogen-bond donors (Lipinski definition) is 1. The Kier molecular flexibility index (Phi) is 4.89. The highest BCUT2D eigenvalue weighted by Gasteiger charge is 2.17. The molecule has 0 radical (unpaired) electrons. The van der Waals surface area contributed by atoms with Gasteiger partial charge in [-0.05, 0) is 20.5 Å². The number of nitrogens with zero attached hydrogens (tertiary/aromatic N) is 3. The maximum Gasteiger partial charge on any atom is 0.347 e. The second kappa shape index (κ2) is 5.97. The van der Waals surface area contributed by atoms with Crippen LogP contribution >= 0.6 is 11.3 Å². The lowest BCUT2D eigenvalue weighted by Gasteiger charge is -2.18. The average molecular weight is 257 g/mol. The first kappa shape index (κ1) is 13.9. The van der Waals surface area contributed by atoms with Crippen molar-refractivity contribution >= 4 is 22.4 Å². The summed E-state index contributed by atoms with van der Waals surface area (Å²) in [6.07, 6.45) is 0.652. The molecule has 0 aliphatic rings. The number of thiazole rings is 1. The van der Waals surface area contributed by atoms with E-state index in [0.29, 0.717) is 17.0 Å². The van der Waals surface area contributed by atoms with Gasteiger partial charge in [0, 0.05) is 20.1 Å². The molecule has 1 aromatic heterocycles. The lowest BCUT2D eigenvalue weighted by Crippen LogP contribution is -2.28. The zero-order valence-corrected chi connectivity index (χ0v) is 11.5. The molecule has 17 heavy (non-hydrogen) atoms. The van der Waals surface area contributed by atoms with Crippen LogP contribution in [0.25, 0.3) is 0 Å². The summed E-state index contributed by atoms with van der Waals surface area (Å²) in [6, 6.07) is 0. The van der Waals surface area contributed by atoms with Crippen molar-refractivity contribution in [1.29, 1.82) is 0 Å². The minimum absolute atomic E-state index is 0.360. The number of aromatic carboxylic acids is 1. The van der Waals surface area contributed by atoms with E-state index < -0.39 is 5.97 Å². The molecule has 0 aliphatic heterocycles. The quantitative estimate of drug-likeness (QED) is 0.835. The van der Waals surface area contributed by atoms with Gasteiger partial charge in [0.1, 0.15) is 4.88 Å². The van der Waals surface area contributed by atoms with Gasteiger partial charge in [0.2, 0.25) is 0 Å². The zero-order chi connectivity index (χ0) is 13.0. The Bertz CT molecular complexity index is 390. The summed E-state index contributed by atoms with van der Waals surface area (Å²) in [7, 11) is 5.96. The van der Waals surface area contributed by atoms with E-state index in [1.807, 2.05) is 33.0 Å². The highest BCUT2D eigenvalue weighted by molar-refractivity contribution is 7.17. The third-order valence-electron chi connectivity index (χ3n) is 2.42. The van der Waals surface area contributed by atoms with Crippen molar-refractivity contribution in [2.24, 2.45) is 0 Å². The summed E-state index contributed by atoms with van der Waals surface area (Å²) in [5.74, 6) is -0.883. The summed E-state index contributed by atoms with van der Waals surface area (Å²) in [5.41, 5.74) is 0.675. The molecule has 5 nitrogen and oxygen atoms in total. The van der Waals surface area contributed by atoms with Crippen molar-refractivity contribution in [2.45, 2.75) is 13.3 Å². The molecule has 0 amide bonds. The van der Waals surface area contributed by atoms with E-state index >= 15 is 0 Å². The Hall–Kier alpha value is -1.14. The maximum absolute atomic E-state index is 11.0. The molecule has 1 N–H and O–H groups in total. The standard InChI is InChI=1S/C11H19N3O2S/c1-5-8-9(10(15)16)17-11(12-8)14(4)7-6-13(2)3/h5-7H2,1-4H3,(H,15,16). The predicted molar refractivity (Wildman–Crippen MR) is 70.3 cm³/mol. The van der Waals surface area contributed by atoms with Gasteiger partial charge in [0.15, 0.2) is 5.13 Å². The molecular formula is C11H19N3O2S. The number of aryl methyl sites for hydroxylation is 1. The Morgan fingerprint density at radius 3 is 2.41 bits per heavy atom. The monoisotopic (exact) mass is 257 g/mol. The zero-order valence-electron chi connectivity index (χ0n) is 10.7. The fourth-order valence-electron chi connectivity index (χ4n) is 1.35. The van der Waals surface area contributed by atoms with Gasteiger partial charge in [-0.2, -0.15) is 0 Å². The first-order chi connectivity index (χ1) is 7.95. The molecule has 0 spiro atoms. The van der Waals surface area contributed by atoms with Gasteiger partial charge >= 0.3 is 5.97 Å². The van der Waals surface area contributed by atoms with Crippen LogP contribution < -0.4 is 4.90 Å². The molecule has 96 valence electrons. The van der Waals surface area contributed by atoms with E-state index in [9.17, 15) is 4.79 Å². The van der Waals surface area contributed by atoms with Crippen molar-refractivity contribution in [1.82, 2.24) is 9.88 Å². The summed E-state index contributed by atoms with van der Waals surface area (Å²) < 4.78 is 0. The van der Waals surface area contributed by atoms with Crippen LogP contribution in [0.5, 0.6) is 0 Å². The predicted octanol–water partition coefficient (Wildman–Crippen LogP) is 1.40. The summed E-state index contributed by atoms with van der Waals surface area (Å²) in [6.45, 7) is 3.67. The first-order valence-corrected chi connectivity index (χ1v) is 6.36. The van der Waals surface area contributed by atoms with Crippen LogP contribution in [0.3, 0.4) is 0 Å². The molecule has 1 heterocycles. The van der Waals surface area contributed by atoms with Crippen LogP contribution in [0.4, 0.5) is 5.13 Å². The van der Waals surface area contributed by atoms with E-state index in [2.05, 4.69) is 9.88 Å². The van der Waals surface area contributed by atoms with Crippen LogP contribution in [0.1, 0.15) is 22.3 Å². The SMILES string of the molecule is CCc1nc(N(C)CCN(C)C)sc1C(=O)O. The number of likely N-dealkylation sites (N-methyl/N-ethyl adjacent to an activating group) is 2. The molecule has 1 rings (SSSR count). The molecule has 0 bridgehead atoms. The Morgan fingerprint density at radius 1 is 1.35 bits per heavy atom. The number of carboxylic acid groups (broad SMARTS) is 1. The number of anilines is 1. The highest BCUT2D eigenvalue weighted by Crippen LogP contribution is 2.25. The number of hydrogen-bond acceptors (Lipinski definition) is 5. The van der Waals surface area contributed by atoms with Crippen molar-refractivity contribution in [3.8, 4) is 0 Å². The molecular weight excluding hydrogens is 238 g/mol. The van der Waals surface area contributed by atoms with Crippen LogP contribution in [0.2, 0.25) is 0 Å². The smallest absolute Gasteiger partial charge is 0.347 e. The van der Waals surface area contributed by atoms with Crippen LogP contribution in [0, 0.1) is 0 Å². The summed E-state index contributed by atoms with van der Waals surface area (Å²) in [4.78, 5) is 19.8. The van der Waals surface area contributed by atoms with Gasteiger partial charge in [0.25, 0.3) is 0 Å². The largest absolute Gasteiger partial charge is 0.477 e. The molecule has 0 saturated heterocycles. The number of carboxylic acids is 1. The first-order valence-electron chi connectivity index (χ1n) is 5.54. The molecule has 0 aromatic carbocycles. The van der Waals surface area contributed by atoms with Crippen LogP contribution in [-0.2, 0) is 6.42 Å². The highest BCUT2D eigenvalue weighted by atomic mass is 32.1. The van der Waals surface area contributed by atoms with E-state index in [1.165, 1.54) is 11.3 Å². The number of carbonyl (C=O) groups is 1. The van der Waals surface area contributed by atoms with Crippen molar-refractivity contribution in [3.63, 3.8) is 0 Å². The molecule has 0 saturated carbocycles. The second-order valence-electron chi connectivity index (χ2n) is 4.16. The van der Waals surface area contributed by atoms with E-state index in [0.717, 1.165) is 18.2 Å². The third-order valence-corrected chi connectivity index (χ3v) is 3.62. The van der Waals surface area contributed by atoms with Gasteiger partial charge in [0.05, 0.1) is 5.69 Å². The summed E-state index contributed by atoms with van der Waals surface area (Å²) in [5, 5.41) is 9.83. The van der Waals surface area contributed by atoms with Gasteiger partial charge in [-0.25, -0.2) is 9.78 Å². The molecule has 0 aliphatic carbocycles. The lowest BCUT2D eigenvalue weighted by atomic mass is 10.3. The van der Waals surface area contributed by atoms with Crippen molar-refractivity contribution in [2.75, 3.05) is 39.1 Å². The molecule has 0 atom stereocenters. The Balaban J connectivity index is 2.80. The molecule has 6 heteroatoms. The topological polar surface area (TPSA) is 56.7 Å². The van der Waals surface area contributed by atoms with Gasteiger partial charge in [-0.15, -0.1) is 0 Å². The third kappa shape index (κ3) is 3.67. The van der Waals surface area contributed by atoms with Crippen LogP contribution in [0.15, 0.2) is 0 Å². The fraction of sp³-hybridized carbons (Fsp3) is 0.636. The van der Waals surface area contributed by atoms with Crippen molar-refractivity contribution < 1.29 is 9.90 Å². The van der Waals surface area contributed by atoms with E-state index in [1.54, 1.807) is 0 Å². The number of aromatic nitrogens is 1. The summed E-state index contributed by atoms with van der Waals surface area (Å²) >= 11 is 1.25. The lowest BCUT2D eigenvalue weighted by molar-refractivity contribution is 0.0701. The van der Waals surface area contributed by atoms with Gasteiger partial charge in [-0.1, -0.05) is 18.3 Å². The number of rotatable bonds is 6. The van der Waals surface area contributed by atoms with Crippen molar-refractivity contribution in [3.05, 3.63) is 10.6 Å². The van der Waals surface area contributed by atoms with E-state index in [-0.39, 0.29) is 0 Å². The molecule has 0 unspecified atom stereocenters. The van der Waals surface area contributed by atoms with E-state index in [4.69, 9.17) is 5.11 Å². The van der Waals surface area contributed by atoms with Gasteiger partial charge in [-0.3, -0.25) is 0 Å². The second-order valence-corrected chi connectivity index (χ2v) is 5.13. The molecule has 0 fully saturated rings. The Morgan fingerprint density at radius 2 is 2.00 bits per heavy atom. The molecule has 1 aromatic rings. The minimum Gasteiger partial charge on any atom is -0.477 e.